The fraction of sp³-hybridized carbons (Fsp3) is 0.316. The Bertz CT molecular complexity index is 818. The molecule has 0 bridgehead atoms. The average Bonchev–Trinajstić information content (AvgIpc) is 2.61. The number of carbonyl (C=O) groups excluding carboxylic acids is 1. The van der Waals surface area contributed by atoms with Crippen LogP contribution in [0.15, 0.2) is 59.5 Å². The van der Waals surface area contributed by atoms with Gasteiger partial charge in [0, 0.05) is 32.7 Å². The minimum atomic E-state index is -3.57. The van der Waals surface area contributed by atoms with E-state index in [9.17, 15) is 13.2 Å². The lowest BCUT2D eigenvalue weighted by Gasteiger charge is -2.23. The van der Waals surface area contributed by atoms with Crippen molar-refractivity contribution in [1.82, 2.24) is 9.21 Å². The van der Waals surface area contributed by atoms with Crippen molar-refractivity contribution < 1.29 is 13.2 Å². The van der Waals surface area contributed by atoms with E-state index >= 15 is 0 Å². The number of carbonyl (C=O) groups is 1. The highest BCUT2D eigenvalue weighted by Gasteiger charge is 2.21. The Labute approximate surface area is 149 Å². The van der Waals surface area contributed by atoms with Crippen molar-refractivity contribution in [3.63, 3.8) is 0 Å². The van der Waals surface area contributed by atoms with Gasteiger partial charge in [-0.1, -0.05) is 43.3 Å². The molecule has 0 N–H and O–H groups in total. The van der Waals surface area contributed by atoms with Crippen LogP contribution in [0.5, 0.6) is 0 Å². The number of hydrogen-bond donors (Lipinski definition) is 0. The zero-order valence-corrected chi connectivity index (χ0v) is 15.7. The zero-order chi connectivity index (χ0) is 18.4. The Balaban J connectivity index is 2.30. The molecule has 0 spiro atoms. The smallest absolute Gasteiger partial charge is 0.254 e. The number of rotatable bonds is 7. The zero-order valence-electron chi connectivity index (χ0n) is 14.8. The number of benzene rings is 2. The van der Waals surface area contributed by atoms with E-state index in [4.69, 9.17) is 0 Å². The molecular formula is C19H24N2O3S. The van der Waals surface area contributed by atoms with Crippen molar-refractivity contribution in [3.05, 3.63) is 65.7 Å². The predicted octanol–water partition coefficient (Wildman–Crippen LogP) is 2.99. The summed E-state index contributed by atoms with van der Waals surface area (Å²) in [5.41, 5.74) is 1.42. The first-order valence-corrected chi connectivity index (χ1v) is 9.66. The molecule has 0 radical (unpaired) electrons. The molecule has 5 nitrogen and oxygen atoms in total. The fourth-order valence-corrected chi connectivity index (χ4v) is 3.46. The van der Waals surface area contributed by atoms with Gasteiger partial charge < -0.3 is 4.90 Å². The Hall–Kier alpha value is -2.18. The third-order valence-corrected chi connectivity index (χ3v) is 5.67. The highest BCUT2D eigenvalue weighted by atomic mass is 32.2. The molecule has 0 aliphatic rings. The van der Waals surface area contributed by atoms with Gasteiger partial charge in [0.25, 0.3) is 5.91 Å². The molecule has 0 fully saturated rings. The van der Waals surface area contributed by atoms with Gasteiger partial charge in [0.15, 0.2) is 0 Å². The van der Waals surface area contributed by atoms with Crippen LogP contribution in [-0.2, 0) is 16.6 Å². The lowest BCUT2D eigenvalue weighted by Crippen LogP contribution is -2.31. The van der Waals surface area contributed by atoms with Gasteiger partial charge in [-0.25, -0.2) is 12.7 Å². The average molecular weight is 360 g/mol. The van der Waals surface area contributed by atoms with Crippen molar-refractivity contribution in [2.24, 2.45) is 0 Å². The van der Waals surface area contributed by atoms with Gasteiger partial charge in [0.2, 0.25) is 10.0 Å². The number of amides is 1. The molecule has 6 heteroatoms. The first-order valence-electron chi connectivity index (χ1n) is 8.22. The van der Waals surface area contributed by atoms with E-state index in [1.807, 2.05) is 37.3 Å². The summed E-state index contributed by atoms with van der Waals surface area (Å²) in [6, 6.07) is 16.0. The standard InChI is InChI=1S/C19H24N2O3S/c1-4-13-21(15-16-9-6-5-7-10-16)19(22)17-11-8-12-18(14-17)25(23,24)20(2)3/h5-12,14H,4,13,15H2,1-3H3. The molecule has 2 rings (SSSR count). The normalized spacial score (nSPS) is 11.5. The molecule has 0 heterocycles. The molecule has 2 aromatic carbocycles. The van der Waals surface area contributed by atoms with Crippen LogP contribution in [0.4, 0.5) is 0 Å². The molecule has 0 atom stereocenters. The van der Waals surface area contributed by atoms with E-state index in [1.165, 1.54) is 26.2 Å². The largest absolute Gasteiger partial charge is 0.334 e. The Morgan fingerprint density at radius 1 is 1.00 bits per heavy atom. The molecule has 2 aromatic rings. The molecule has 0 saturated heterocycles. The summed E-state index contributed by atoms with van der Waals surface area (Å²) in [5.74, 6) is -0.165. The molecule has 0 aromatic heterocycles. The molecule has 0 saturated carbocycles. The maximum atomic E-state index is 12.9. The van der Waals surface area contributed by atoms with Crippen molar-refractivity contribution in [3.8, 4) is 0 Å². The van der Waals surface area contributed by atoms with E-state index < -0.39 is 10.0 Å². The fourth-order valence-electron chi connectivity index (χ4n) is 2.51. The lowest BCUT2D eigenvalue weighted by atomic mass is 10.1. The number of hydrogen-bond acceptors (Lipinski definition) is 3. The van der Waals surface area contributed by atoms with Crippen LogP contribution >= 0.6 is 0 Å². The number of sulfonamides is 1. The molecular weight excluding hydrogens is 336 g/mol. The summed E-state index contributed by atoms with van der Waals surface area (Å²) in [6.45, 7) is 3.12. The second kappa shape index (κ2) is 8.27. The first-order chi connectivity index (χ1) is 11.9. The molecule has 1 amide bonds. The van der Waals surface area contributed by atoms with E-state index in [2.05, 4.69) is 0 Å². The van der Waals surface area contributed by atoms with Gasteiger partial charge in [0.05, 0.1) is 4.90 Å². The van der Waals surface area contributed by atoms with Gasteiger partial charge in [-0.3, -0.25) is 4.79 Å². The van der Waals surface area contributed by atoms with Gasteiger partial charge in [0.1, 0.15) is 0 Å². The summed E-state index contributed by atoms with van der Waals surface area (Å²) in [7, 11) is -0.618. The molecule has 25 heavy (non-hydrogen) atoms. The molecule has 0 aliphatic carbocycles. The lowest BCUT2D eigenvalue weighted by molar-refractivity contribution is 0.0743. The highest BCUT2D eigenvalue weighted by Crippen LogP contribution is 2.17. The van der Waals surface area contributed by atoms with Crippen molar-refractivity contribution in [2.45, 2.75) is 24.8 Å². The Kier molecular flexibility index (Phi) is 6.33. The Morgan fingerprint density at radius 3 is 2.28 bits per heavy atom. The number of nitrogens with zero attached hydrogens (tertiary/aromatic N) is 2. The second-order valence-corrected chi connectivity index (χ2v) is 8.18. The minimum Gasteiger partial charge on any atom is -0.334 e. The van der Waals surface area contributed by atoms with Crippen LogP contribution in [0.3, 0.4) is 0 Å². The van der Waals surface area contributed by atoms with Gasteiger partial charge in [-0.05, 0) is 30.2 Å². The van der Waals surface area contributed by atoms with E-state index in [-0.39, 0.29) is 10.8 Å². The summed E-state index contributed by atoms with van der Waals surface area (Å²) < 4.78 is 25.7. The van der Waals surface area contributed by atoms with E-state index in [0.29, 0.717) is 18.7 Å². The highest BCUT2D eigenvalue weighted by molar-refractivity contribution is 7.89. The van der Waals surface area contributed by atoms with Crippen LogP contribution in [0, 0.1) is 0 Å². The summed E-state index contributed by atoms with van der Waals surface area (Å²) in [6.07, 6.45) is 0.828. The van der Waals surface area contributed by atoms with Crippen LogP contribution < -0.4 is 0 Å². The maximum absolute atomic E-state index is 12.9. The monoisotopic (exact) mass is 360 g/mol. The van der Waals surface area contributed by atoms with Crippen LogP contribution in [0.2, 0.25) is 0 Å². The van der Waals surface area contributed by atoms with Gasteiger partial charge in [-0.15, -0.1) is 0 Å². The van der Waals surface area contributed by atoms with Crippen LogP contribution in [-0.4, -0.2) is 44.2 Å². The molecule has 0 aliphatic heterocycles. The molecule has 134 valence electrons. The molecule has 0 unspecified atom stereocenters. The topological polar surface area (TPSA) is 57.7 Å². The van der Waals surface area contributed by atoms with Crippen molar-refractivity contribution >= 4 is 15.9 Å². The third-order valence-electron chi connectivity index (χ3n) is 3.86. The first kappa shape index (κ1) is 19.1. The quantitative estimate of drug-likeness (QED) is 0.763. The van der Waals surface area contributed by atoms with Gasteiger partial charge >= 0.3 is 0 Å². The summed E-state index contributed by atoms with van der Waals surface area (Å²) in [4.78, 5) is 14.8. The van der Waals surface area contributed by atoms with Gasteiger partial charge in [-0.2, -0.15) is 0 Å². The van der Waals surface area contributed by atoms with Crippen molar-refractivity contribution in [1.29, 1.82) is 0 Å². The minimum absolute atomic E-state index is 0.125. The van der Waals surface area contributed by atoms with E-state index in [0.717, 1.165) is 16.3 Å². The van der Waals surface area contributed by atoms with Crippen LogP contribution in [0.1, 0.15) is 29.3 Å². The van der Waals surface area contributed by atoms with Crippen LogP contribution in [0.25, 0.3) is 0 Å². The SMILES string of the molecule is CCCN(Cc1ccccc1)C(=O)c1cccc(S(=O)(=O)N(C)C)c1. The predicted molar refractivity (Wildman–Crippen MR) is 98.8 cm³/mol. The Morgan fingerprint density at radius 2 is 1.68 bits per heavy atom. The maximum Gasteiger partial charge on any atom is 0.254 e. The summed E-state index contributed by atoms with van der Waals surface area (Å²) >= 11 is 0. The van der Waals surface area contributed by atoms with E-state index in [1.54, 1.807) is 17.0 Å². The summed E-state index contributed by atoms with van der Waals surface area (Å²) in [5, 5.41) is 0. The van der Waals surface area contributed by atoms with Crippen molar-refractivity contribution in [2.75, 3.05) is 20.6 Å². The second-order valence-electron chi connectivity index (χ2n) is 6.03. The third kappa shape index (κ3) is 4.67.